The Hall–Kier alpha value is -1.36. The summed E-state index contributed by atoms with van der Waals surface area (Å²) in [4.78, 5) is 11.9. The summed E-state index contributed by atoms with van der Waals surface area (Å²) < 4.78 is 1.76. The predicted octanol–water partition coefficient (Wildman–Crippen LogP) is 0.467. The van der Waals surface area contributed by atoms with Crippen molar-refractivity contribution in [3.05, 3.63) is 18.0 Å². The average molecular weight is 238 g/mol. The van der Waals surface area contributed by atoms with Gasteiger partial charge in [0.25, 0.3) is 0 Å². The number of nitrogens with one attached hydrogen (secondary N) is 2. The lowest BCUT2D eigenvalue weighted by molar-refractivity contribution is -0.126. The van der Waals surface area contributed by atoms with E-state index >= 15 is 0 Å². The molecule has 17 heavy (non-hydrogen) atoms. The monoisotopic (exact) mass is 238 g/mol. The van der Waals surface area contributed by atoms with Crippen molar-refractivity contribution in [2.45, 2.75) is 32.7 Å². The first-order valence-electron chi connectivity index (χ1n) is 5.97. The maximum absolute atomic E-state index is 11.9. The van der Waals surface area contributed by atoms with Gasteiger partial charge in [-0.3, -0.25) is 9.48 Å². The SMILES string of the molecule is CCNC(C)(C)C(=O)NCCc1ccn(C)n1. The summed E-state index contributed by atoms with van der Waals surface area (Å²) in [6.07, 6.45) is 2.66. The molecule has 0 aliphatic carbocycles. The first-order chi connectivity index (χ1) is 7.95. The highest BCUT2D eigenvalue weighted by atomic mass is 16.2. The maximum atomic E-state index is 11.9. The summed E-state index contributed by atoms with van der Waals surface area (Å²) >= 11 is 0. The number of likely N-dealkylation sites (N-methyl/N-ethyl adjacent to an activating group) is 1. The van der Waals surface area contributed by atoms with E-state index in [0.29, 0.717) is 6.54 Å². The standard InChI is InChI=1S/C12H22N4O/c1-5-14-12(2,3)11(17)13-8-6-10-7-9-16(4)15-10/h7,9,14H,5-6,8H2,1-4H3,(H,13,17). The van der Waals surface area contributed by atoms with Crippen LogP contribution in [0.2, 0.25) is 0 Å². The van der Waals surface area contributed by atoms with Gasteiger partial charge in [-0.05, 0) is 26.5 Å². The van der Waals surface area contributed by atoms with Crippen molar-refractivity contribution >= 4 is 5.91 Å². The number of hydrogen-bond acceptors (Lipinski definition) is 3. The number of nitrogens with zero attached hydrogens (tertiary/aromatic N) is 2. The van der Waals surface area contributed by atoms with E-state index in [-0.39, 0.29) is 5.91 Å². The zero-order valence-electron chi connectivity index (χ0n) is 11.1. The van der Waals surface area contributed by atoms with Crippen LogP contribution in [0.15, 0.2) is 12.3 Å². The second-order valence-electron chi connectivity index (χ2n) is 4.64. The molecule has 0 aliphatic rings. The van der Waals surface area contributed by atoms with Crippen LogP contribution in [0.3, 0.4) is 0 Å². The van der Waals surface area contributed by atoms with Gasteiger partial charge in [-0.15, -0.1) is 0 Å². The Labute approximate surface area is 103 Å². The van der Waals surface area contributed by atoms with E-state index in [4.69, 9.17) is 0 Å². The molecule has 1 amide bonds. The normalized spacial score (nSPS) is 11.5. The molecule has 0 aliphatic heterocycles. The van der Waals surface area contributed by atoms with Crippen LogP contribution < -0.4 is 10.6 Å². The van der Waals surface area contributed by atoms with Crippen molar-refractivity contribution in [1.82, 2.24) is 20.4 Å². The van der Waals surface area contributed by atoms with Crippen LogP contribution in [0.25, 0.3) is 0 Å². The molecule has 5 heteroatoms. The van der Waals surface area contributed by atoms with Crippen LogP contribution in [0.4, 0.5) is 0 Å². The lowest BCUT2D eigenvalue weighted by Crippen LogP contribution is -2.52. The van der Waals surface area contributed by atoms with Gasteiger partial charge in [0, 0.05) is 26.2 Å². The Morgan fingerprint density at radius 2 is 2.24 bits per heavy atom. The first-order valence-corrected chi connectivity index (χ1v) is 5.97. The molecule has 0 radical (unpaired) electrons. The van der Waals surface area contributed by atoms with E-state index in [0.717, 1.165) is 18.7 Å². The van der Waals surface area contributed by atoms with Crippen molar-refractivity contribution in [2.24, 2.45) is 7.05 Å². The van der Waals surface area contributed by atoms with E-state index < -0.39 is 5.54 Å². The lowest BCUT2D eigenvalue weighted by Gasteiger charge is -2.24. The fourth-order valence-electron chi connectivity index (χ4n) is 1.64. The largest absolute Gasteiger partial charge is 0.354 e. The molecule has 0 saturated heterocycles. The van der Waals surface area contributed by atoms with Crippen LogP contribution in [-0.4, -0.2) is 34.3 Å². The third-order valence-electron chi connectivity index (χ3n) is 2.62. The third kappa shape index (κ3) is 4.19. The summed E-state index contributed by atoms with van der Waals surface area (Å²) in [5.74, 6) is 0.0234. The highest BCUT2D eigenvalue weighted by Crippen LogP contribution is 2.01. The molecule has 0 spiro atoms. The van der Waals surface area contributed by atoms with Gasteiger partial charge < -0.3 is 10.6 Å². The molecule has 1 aromatic heterocycles. The van der Waals surface area contributed by atoms with E-state index in [2.05, 4.69) is 15.7 Å². The summed E-state index contributed by atoms with van der Waals surface area (Å²) in [7, 11) is 1.89. The van der Waals surface area contributed by atoms with Gasteiger partial charge in [-0.2, -0.15) is 5.10 Å². The molecule has 0 fully saturated rings. The Bertz CT molecular complexity index is 370. The summed E-state index contributed by atoms with van der Waals surface area (Å²) in [6, 6.07) is 1.96. The molecule has 1 rings (SSSR count). The van der Waals surface area contributed by atoms with Crippen LogP contribution >= 0.6 is 0 Å². The van der Waals surface area contributed by atoms with E-state index in [1.54, 1.807) is 4.68 Å². The van der Waals surface area contributed by atoms with E-state index in [1.165, 1.54) is 0 Å². The molecule has 5 nitrogen and oxygen atoms in total. The van der Waals surface area contributed by atoms with Gasteiger partial charge in [-0.25, -0.2) is 0 Å². The minimum Gasteiger partial charge on any atom is -0.354 e. The number of hydrogen-bond donors (Lipinski definition) is 2. The quantitative estimate of drug-likeness (QED) is 0.757. The highest BCUT2D eigenvalue weighted by molar-refractivity contribution is 5.85. The van der Waals surface area contributed by atoms with Crippen LogP contribution in [0, 0.1) is 0 Å². The zero-order chi connectivity index (χ0) is 12.9. The van der Waals surface area contributed by atoms with E-state index in [1.807, 2.05) is 40.1 Å². The molecule has 0 unspecified atom stereocenters. The van der Waals surface area contributed by atoms with Gasteiger partial charge in [-0.1, -0.05) is 6.92 Å². The minimum absolute atomic E-state index is 0.0234. The van der Waals surface area contributed by atoms with Gasteiger partial charge in [0.2, 0.25) is 5.91 Å². The fraction of sp³-hybridized carbons (Fsp3) is 0.667. The number of carbonyl (C=O) groups excluding carboxylic acids is 1. The predicted molar refractivity (Wildman–Crippen MR) is 67.7 cm³/mol. The number of aromatic nitrogens is 2. The van der Waals surface area contributed by atoms with Crippen molar-refractivity contribution in [1.29, 1.82) is 0 Å². The Morgan fingerprint density at radius 3 is 2.76 bits per heavy atom. The third-order valence-corrected chi connectivity index (χ3v) is 2.62. The summed E-state index contributed by atoms with van der Waals surface area (Å²) in [5, 5.41) is 10.3. The van der Waals surface area contributed by atoms with Crippen LogP contribution in [-0.2, 0) is 18.3 Å². The molecule has 1 heterocycles. The molecular formula is C12H22N4O. The van der Waals surface area contributed by atoms with E-state index in [9.17, 15) is 4.79 Å². The maximum Gasteiger partial charge on any atom is 0.239 e. The number of carbonyl (C=O) groups is 1. The molecular weight excluding hydrogens is 216 g/mol. The van der Waals surface area contributed by atoms with Crippen LogP contribution in [0.1, 0.15) is 26.5 Å². The molecule has 0 saturated carbocycles. The molecule has 96 valence electrons. The molecule has 0 atom stereocenters. The highest BCUT2D eigenvalue weighted by Gasteiger charge is 2.25. The van der Waals surface area contributed by atoms with Crippen molar-refractivity contribution in [2.75, 3.05) is 13.1 Å². The number of amides is 1. The lowest BCUT2D eigenvalue weighted by atomic mass is 10.0. The molecule has 1 aromatic rings. The smallest absolute Gasteiger partial charge is 0.239 e. The Kier molecular flexibility index (Phi) is 4.69. The molecule has 0 bridgehead atoms. The van der Waals surface area contributed by atoms with Gasteiger partial charge >= 0.3 is 0 Å². The second kappa shape index (κ2) is 5.82. The first kappa shape index (κ1) is 13.7. The fourth-order valence-corrected chi connectivity index (χ4v) is 1.64. The van der Waals surface area contributed by atoms with Gasteiger partial charge in [0.15, 0.2) is 0 Å². The van der Waals surface area contributed by atoms with Crippen molar-refractivity contribution < 1.29 is 4.79 Å². The molecule has 0 aromatic carbocycles. The summed E-state index contributed by atoms with van der Waals surface area (Å²) in [5.41, 5.74) is 0.479. The summed E-state index contributed by atoms with van der Waals surface area (Å²) in [6.45, 7) is 7.15. The number of aryl methyl sites for hydroxylation is 1. The zero-order valence-corrected chi connectivity index (χ0v) is 11.1. The minimum atomic E-state index is -0.515. The van der Waals surface area contributed by atoms with Crippen molar-refractivity contribution in [3.63, 3.8) is 0 Å². The van der Waals surface area contributed by atoms with Gasteiger partial charge in [0.1, 0.15) is 0 Å². The van der Waals surface area contributed by atoms with Crippen molar-refractivity contribution in [3.8, 4) is 0 Å². The topological polar surface area (TPSA) is 59.0 Å². The van der Waals surface area contributed by atoms with Crippen LogP contribution in [0.5, 0.6) is 0 Å². The average Bonchev–Trinajstić information content (AvgIpc) is 2.64. The van der Waals surface area contributed by atoms with Gasteiger partial charge in [0.05, 0.1) is 11.2 Å². The Balaban J connectivity index is 2.33. The second-order valence-corrected chi connectivity index (χ2v) is 4.64. The number of rotatable bonds is 6. The Morgan fingerprint density at radius 1 is 1.53 bits per heavy atom. The molecule has 2 N–H and O–H groups in total.